The van der Waals surface area contributed by atoms with Gasteiger partial charge < -0.3 is 9.47 Å². The number of aryl methyl sites for hydroxylation is 1. The zero-order valence-electron chi connectivity index (χ0n) is 14.5. The molecule has 0 saturated carbocycles. The van der Waals surface area contributed by atoms with E-state index in [2.05, 4.69) is 42.5 Å². The SMILES string of the molecule is Cc1cc(C(=O)N2CCCC(c3ccn[nH]3)C2)c(C)n1C(C)C. The van der Waals surface area contributed by atoms with Gasteiger partial charge in [-0.25, -0.2) is 0 Å². The van der Waals surface area contributed by atoms with Crippen LogP contribution in [0.4, 0.5) is 0 Å². The van der Waals surface area contributed by atoms with E-state index in [0.717, 1.165) is 48.6 Å². The molecule has 1 unspecified atom stereocenters. The Morgan fingerprint density at radius 3 is 2.78 bits per heavy atom. The second-order valence-corrected chi connectivity index (χ2v) is 6.85. The zero-order valence-corrected chi connectivity index (χ0v) is 14.5. The average Bonchev–Trinajstić information content (AvgIpc) is 3.15. The molecule has 2 aromatic rings. The lowest BCUT2D eigenvalue weighted by molar-refractivity contribution is 0.0705. The normalized spacial score (nSPS) is 18.7. The summed E-state index contributed by atoms with van der Waals surface area (Å²) < 4.78 is 2.24. The number of aromatic nitrogens is 3. The van der Waals surface area contributed by atoms with Crippen LogP contribution in [-0.2, 0) is 0 Å². The van der Waals surface area contributed by atoms with E-state index < -0.39 is 0 Å². The molecule has 1 fully saturated rings. The quantitative estimate of drug-likeness (QED) is 0.943. The first kappa shape index (κ1) is 15.8. The topological polar surface area (TPSA) is 53.9 Å². The van der Waals surface area contributed by atoms with Gasteiger partial charge in [0.2, 0.25) is 0 Å². The van der Waals surface area contributed by atoms with Crippen LogP contribution in [0.15, 0.2) is 18.3 Å². The molecule has 5 heteroatoms. The minimum Gasteiger partial charge on any atom is -0.346 e. The Morgan fingerprint density at radius 2 is 2.17 bits per heavy atom. The maximum atomic E-state index is 13.0. The fourth-order valence-corrected chi connectivity index (χ4v) is 3.87. The Kier molecular flexibility index (Phi) is 4.28. The van der Waals surface area contributed by atoms with Crippen molar-refractivity contribution < 1.29 is 4.79 Å². The van der Waals surface area contributed by atoms with E-state index in [1.54, 1.807) is 6.20 Å². The molecule has 1 N–H and O–H groups in total. The number of carbonyl (C=O) groups is 1. The molecule has 0 aromatic carbocycles. The Morgan fingerprint density at radius 1 is 1.39 bits per heavy atom. The van der Waals surface area contributed by atoms with Crippen molar-refractivity contribution in [2.24, 2.45) is 0 Å². The second-order valence-electron chi connectivity index (χ2n) is 6.85. The fourth-order valence-electron chi connectivity index (χ4n) is 3.87. The molecule has 1 aliphatic heterocycles. The summed E-state index contributed by atoms with van der Waals surface area (Å²) in [6, 6.07) is 4.43. The lowest BCUT2D eigenvalue weighted by atomic mass is 9.94. The largest absolute Gasteiger partial charge is 0.346 e. The summed E-state index contributed by atoms with van der Waals surface area (Å²) in [6.45, 7) is 10.1. The number of aromatic amines is 1. The number of nitrogens with zero attached hydrogens (tertiary/aromatic N) is 3. The van der Waals surface area contributed by atoms with Gasteiger partial charge in [-0.05, 0) is 52.7 Å². The van der Waals surface area contributed by atoms with Gasteiger partial charge in [0.05, 0.1) is 5.56 Å². The number of nitrogens with one attached hydrogen (secondary N) is 1. The molecule has 0 radical (unpaired) electrons. The predicted molar refractivity (Wildman–Crippen MR) is 90.8 cm³/mol. The van der Waals surface area contributed by atoms with Gasteiger partial charge in [-0.15, -0.1) is 0 Å². The van der Waals surface area contributed by atoms with Crippen molar-refractivity contribution in [2.75, 3.05) is 13.1 Å². The molecule has 1 aliphatic rings. The van der Waals surface area contributed by atoms with Crippen molar-refractivity contribution in [3.8, 4) is 0 Å². The van der Waals surface area contributed by atoms with Crippen molar-refractivity contribution in [2.45, 2.75) is 52.5 Å². The van der Waals surface area contributed by atoms with Crippen molar-refractivity contribution in [1.29, 1.82) is 0 Å². The van der Waals surface area contributed by atoms with Crippen LogP contribution in [0.5, 0.6) is 0 Å². The molecule has 2 aromatic heterocycles. The minimum absolute atomic E-state index is 0.161. The number of H-pyrrole nitrogens is 1. The molecular weight excluding hydrogens is 288 g/mol. The number of hydrogen-bond donors (Lipinski definition) is 1. The highest BCUT2D eigenvalue weighted by Crippen LogP contribution is 2.28. The predicted octanol–water partition coefficient (Wildman–Crippen LogP) is 3.43. The Balaban J connectivity index is 1.82. The Bertz CT molecular complexity index is 684. The van der Waals surface area contributed by atoms with E-state index >= 15 is 0 Å². The van der Waals surface area contributed by atoms with Gasteiger partial charge in [-0.2, -0.15) is 5.10 Å². The van der Waals surface area contributed by atoms with Gasteiger partial charge in [0, 0.05) is 48.3 Å². The highest BCUT2D eigenvalue weighted by Gasteiger charge is 2.28. The molecular formula is C18H26N4O. The zero-order chi connectivity index (χ0) is 16.6. The molecule has 1 saturated heterocycles. The molecule has 0 bridgehead atoms. The van der Waals surface area contributed by atoms with Crippen molar-refractivity contribution in [3.63, 3.8) is 0 Å². The van der Waals surface area contributed by atoms with Crippen LogP contribution in [0.25, 0.3) is 0 Å². The monoisotopic (exact) mass is 314 g/mol. The minimum atomic E-state index is 0.161. The summed E-state index contributed by atoms with van der Waals surface area (Å²) >= 11 is 0. The van der Waals surface area contributed by atoms with Crippen LogP contribution >= 0.6 is 0 Å². The van der Waals surface area contributed by atoms with Crippen LogP contribution < -0.4 is 0 Å². The van der Waals surface area contributed by atoms with Crippen molar-refractivity contribution in [3.05, 3.63) is 41.0 Å². The first-order chi connectivity index (χ1) is 11.0. The van der Waals surface area contributed by atoms with E-state index in [9.17, 15) is 4.79 Å². The first-order valence-corrected chi connectivity index (χ1v) is 8.46. The van der Waals surface area contributed by atoms with E-state index in [0.29, 0.717) is 12.0 Å². The second kappa shape index (κ2) is 6.22. The lowest BCUT2D eigenvalue weighted by Crippen LogP contribution is -2.39. The van der Waals surface area contributed by atoms with E-state index in [1.807, 2.05) is 17.0 Å². The number of piperidine rings is 1. The van der Waals surface area contributed by atoms with Gasteiger partial charge in [0.25, 0.3) is 5.91 Å². The number of rotatable bonds is 3. The van der Waals surface area contributed by atoms with Gasteiger partial charge in [-0.1, -0.05) is 0 Å². The van der Waals surface area contributed by atoms with Gasteiger partial charge >= 0.3 is 0 Å². The molecule has 124 valence electrons. The molecule has 23 heavy (non-hydrogen) atoms. The molecule has 1 atom stereocenters. The van der Waals surface area contributed by atoms with Crippen LogP contribution in [0.1, 0.15) is 66.1 Å². The lowest BCUT2D eigenvalue weighted by Gasteiger charge is -2.32. The van der Waals surface area contributed by atoms with Crippen LogP contribution in [0.2, 0.25) is 0 Å². The van der Waals surface area contributed by atoms with Crippen molar-refractivity contribution in [1.82, 2.24) is 19.7 Å². The number of carbonyl (C=O) groups excluding carboxylic acids is 1. The average molecular weight is 314 g/mol. The van der Waals surface area contributed by atoms with Gasteiger partial charge in [0.1, 0.15) is 0 Å². The third-order valence-electron chi connectivity index (χ3n) is 4.90. The highest BCUT2D eigenvalue weighted by molar-refractivity contribution is 5.95. The Hall–Kier alpha value is -2.04. The van der Waals surface area contributed by atoms with E-state index in [-0.39, 0.29) is 5.91 Å². The summed E-state index contributed by atoms with van der Waals surface area (Å²) in [4.78, 5) is 15.0. The van der Waals surface area contributed by atoms with Crippen LogP contribution in [-0.4, -0.2) is 38.7 Å². The maximum Gasteiger partial charge on any atom is 0.255 e. The summed E-state index contributed by atoms with van der Waals surface area (Å²) in [5.74, 6) is 0.526. The summed E-state index contributed by atoms with van der Waals surface area (Å²) in [5.41, 5.74) is 4.21. The summed E-state index contributed by atoms with van der Waals surface area (Å²) in [6.07, 6.45) is 3.93. The molecule has 3 heterocycles. The molecule has 0 aliphatic carbocycles. The van der Waals surface area contributed by atoms with E-state index in [1.165, 1.54) is 0 Å². The Labute approximate surface area is 137 Å². The summed E-state index contributed by atoms with van der Waals surface area (Å²) in [5, 5.41) is 7.10. The smallest absolute Gasteiger partial charge is 0.255 e. The van der Waals surface area contributed by atoms with Crippen molar-refractivity contribution >= 4 is 5.91 Å². The van der Waals surface area contributed by atoms with Gasteiger partial charge in [0.15, 0.2) is 0 Å². The third kappa shape index (κ3) is 2.92. The third-order valence-corrected chi connectivity index (χ3v) is 4.90. The van der Waals surface area contributed by atoms with Crippen LogP contribution in [0, 0.1) is 13.8 Å². The number of likely N-dealkylation sites (tertiary alicyclic amines) is 1. The fraction of sp³-hybridized carbons (Fsp3) is 0.556. The van der Waals surface area contributed by atoms with Crippen LogP contribution in [0.3, 0.4) is 0 Å². The van der Waals surface area contributed by atoms with Gasteiger partial charge in [-0.3, -0.25) is 9.89 Å². The molecule has 3 rings (SSSR count). The molecule has 0 spiro atoms. The maximum absolute atomic E-state index is 13.0. The molecule has 1 amide bonds. The molecule has 5 nitrogen and oxygen atoms in total. The summed E-state index contributed by atoms with van der Waals surface area (Å²) in [7, 11) is 0. The highest BCUT2D eigenvalue weighted by atomic mass is 16.2. The van der Waals surface area contributed by atoms with E-state index in [4.69, 9.17) is 0 Å². The first-order valence-electron chi connectivity index (χ1n) is 8.46. The standard InChI is InChI=1S/C18H26N4O/c1-12(2)22-13(3)10-16(14(22)4)18(23)21-9-5-6-15(11-21)17-7-8-19-20-17/h7-8,10,12,15H,5-6,9,11H2,1-4H3,(H,19,20). The number of amides is 1. The number of hydrogen-bond acceptors (Lipinski definition) is 2.